The first-order valence-electron chi connectivity index (χ1n) is 7.50. The lowest BCUT2D eigenvalue weighted by atomic mass is 10.2. The predicted molar refractivity (Wildman–Crippen MR) is 95.0 cm³/mol. The van der Waals surface area contributed by atoms with Crippen LogP contribution in [0.2, 0.25) is 0 Å². The number of hydrogen-bond donors (Lipinski definition) is 1. The highest BCUT2D eigenvalue weighted by Gasteiger charge is 2.18. The highest BCUT2D eigenvalue weighted by Crippen LogP contribution is 2.25. The molecule has 1 amide bonds. The maximum absolute atomic E-state index is 13.0. The Bertz CT molecular complexity index is 781. The Balaban J connectivity index is 1.83. The van der Waals surface area contributed by atoms with Gasteiger partial charge >= 0.3 is 5.97 Å². The van der Waals surface area contributed by atoms with Gasteiger partial charge in [-0.25, -0.2) is 9.18 Å². The second-order valence-electron chi connectivity index (χ2n) is 5.35. The van der Waals surface area contributed by atoms with Crippen molar-refractivity contribution < 1.29 is 23.5 Å². The molecule has 0 fully saturated rings. The molecule has 5 nitrogen and oxygen atoms in total. The summed E-state index contributed by atoms with van der Waals surface area (Å²) in [4.78, 5) is 23.8. The molecule has 0 aliphatic rings. The minimum atomic E-state index is -0.978. The summed E-state index contributed by atoms with van der Waals surface area (Å²) in [6.45, 7) is 2.98. The smallest absolute Gasteiger partial charge is 0.344 e. The van der Waals surface area contributed by atoms with E-state index < -0.39 is 30.4 Å². The fraction of sp³-hybridized carbons (Fsp3) is 0.222. The van der Waals surface area contributed by atoms with Gasteiger partial charge in [0, 0.05) is 5.69 Å². The van der Waals surface area contributed by atoms with Crippen LogP contribution in [-0.2, 0) is 14.3 Å². The van der Waals surface area contributed by atoms with Crippen LogP contribution < -0.4 is 10.1 Å². The standard InChI is InChI=1S/C18H17BrFNO4/c1-11-4-3-5-14(8-11)21-18(23)12(2)25-17(22)10-24-16-7-6-13(20)9-15(16)19/h3-9,12H,10H2,1-2H3,(H,21,23)/t12-/m0/s1. The molecule has 2 aromatic rings. The van der Waals surface area contributed by atoms with Gasteiger partial charge in [0.1, 0.15) is 11.6 Å². The molecule has 0 saturated carbocycles. The lowest BCUT2D eigenvalue weighted by Crippen LogP contribution is -2.31. The zero-order chi connectivity index (χ0) is 18.4. The number of amides is 1. The van der Waals surface area contributed by atoms with E-state index in [1.807, 2.05) is 25.1 Å². The SMILES string of the molecule is Cc1cccc(NC(=O)[C@H](C)OC(=O)COc2ccc(F)cc2Br)c1. The van der Waals surface area contributed by atoms with E-state index in [0.29, 0.717) is 15.9 Å². The van der Waals surface area contributed by atoms with Gasteiger partial charge in [0.15, 0.2) is 12.7 Å². The molecule has 0 heterocycles. The van der Waals surface area contributed by atoms with E-state index in [1.165, 1.54) is 25.1 Å². The molecule has 25 heavy (non-hydrogen) atoms. The minimum absolute atomic E-state index is 0.301. The van der Waals surface area contributed by atoms with E-state index >= 15 is 0 Å². The fourth-order valence-electron chi connectivity index (χ4n) is 1.98. The lowest BCUT2D eigenvalue weighted by Gasteiger charge is -2.14. The van der Waals surface area contributed by atoms with Crippen molar-refractivity contribution in [3.05, 3.63) is 58.3 Å². The summed E-state index contributed by atoms with van der Waals surface area (Å²) in [5.74, 6) is -1.27. The molecule has 0 spiro atoms. The van der Waals surface area contributed by atoms with Crippen LogP contribution in [0, 0.1) is 12.7 Å². The third-order valence-corrected chi connectivity index (χ3v) is 3.82. The summed E-state index contributed by atoms with van der Waals surface area (Å²) in [6.07, 6.45) is -0.978. The topological polar surface area (TPSA) is 64.6 Å². The van der Waals surface area contributed by atoms with Gasteiger partial charge in [-0.3, -0.25) is 4.79 Å². The number of rotatable bonds is 6. The van der Waals surface area contributed by atoms with Crippen LogP contribution in [0.4, 0.5) is 10.1 Å². The molecule has 0 saturated heterocycles. The number of halogens is 2. The zero-order valence-electron chi connectivity index (χ0n) is 13.7. The molecule has 2 rings (SSSR count). The maximum atomic E-state index is 13.0. The van der Waals surface area contributed by atoms with Crippen molar-refractivity contribution in [1.29, 1.82) is 0 Å². The minimum Gasteiger partial charge on any atom is -0.481 e. The highest BCUT2D eigenvalue weighted by atomic mass is 79.9. The first kappa shape index (κ1) is 18.9. The Kier molecular flexibility index (Phi) is 6.52. The van der Waals surface area contributed by atoms with E-state index in [-0.39, 0.29) is 0 Å². The van der Waals surface area contributed by atoms with Crippen LogP contribution in [0.5, 0.6) is 5.75 Å². The van der Waals surface area contributed by atoms with Gasteiger partial charge in [0.2, 0.25) is 0 Å². The van der Waals surface area contributed by atoms with Crippen LogP contribution in [-0.4, -0.2) is 24.6 Å². The average Bonchev–Trinajstić information content (AvgIpc) is 2.54. The van der Waals surface area contributed by atoms with Gasteiger partial charge < -0.3 is 14.8 Å². The predicted octanol–water partition coefficient (Wildman–Crippen LogP) is 3.85. The molecule has 0 unspecified atom stereocenters. The van der Waals surface area contributed by atoms with E-state index in [4.69, 9.17) is 9.47 Å². The zero-order valence-corrected chi connectivity index (χ0v) is 15.3. The first-order chi connectivity index (χ1) is 11.8. The Labute approximate surface area is 153 Å². The summed E-state index contributed by atoms with van der Waals surface area (Å²) in [7, 11) is 0. The number of aryl methyl sites for hydroxylation is 1. The van der Waals surface area contributed by atoms with Gasteiger partial charge in [-0.15, -0.1) is 0 Å². The molecule has 7 heteroatoms. The molecule has 0 aliphatic heterocycles. The summed E-state index contributed by atoms with van der Waals surface area (Å²) >= 11 is 3.13. The summed E-state index contributed by atoms with van der Waals surface area (Å²) < 4.78 is 23.7. The third kappa shape index (κ3) is 5.86. The normalized spacial score (nSPS) is 11.5. The number of hydrogen-bond acceptors (Lipinski definition) is 4. The van der Waals surface area contributed by atoms with Gasteiger partial charge in [0.05, 0.1) is 4.47 Å². The van der Waals surface area contributed by atoms with Crippen molar-refractivity contribution in [2.45, 2.75) is 20.0 Å². The second kappa shape index (κ2) is 8.62. The van der Waals surface area contributed by atoms with Crippen LogP contribution >= 0.6 is 15.9 Å². The third-order valence-electron chi connectivity index (χ3n) is 3.20. The quantitative estimate of drug-likeness (QED) is 0.735. The van der Waals surface area contributed by atoms with Crippen molar-refractivity contribution in [2.24, 2.45) is 0 Å². The molecule has 1 atom stereocenters. The molecular weight excluding hydrogens is 393 g/mol. The maximum Gasteiger partial charge on any atom is 0.344 e. The molecule has 132 valence electrons. The number of carbonyl (C=O) groups excluding carboxylic acids is 2. The van der Waals surface area contributed by atoms with Crippen LogP contribution in [0.1, 0.15) is 12.5 Å². The lowest BCUT2D eigenvalue weighted by molar-refractivity contribution is -0.155. The molecule has 0 bridgehead atoms. The molecular formula is C18H17BrFNO4. The Morgan fingerprint density at radius 3 is 2.68 bits per heavy atom. The highest BCUT2D eigenvalue weighted by molar-refractivity contribution is 9.10. The van der Waals surface area contributed by atoms with E-state index in [2.05, 4.69) is 21.2 Å². The summed E-state index contributed by atoms with van der Waals surface area (Å²) in [6, 6.07) is 11.1. The Hall–Kier alpha value is -2.41. The van der Waals surface area contributed by atoms with Gasteiger partial charge in [0.25, 0.3) is 5.91 Å². The van der Waals surface area contributed by atoms with Crippen molar-refractivity contribution in [2.75, 3.05) is 11.9 Å². The van der Waals surface area contributed by atoms with Crippen LogP contribution in [0.15, 0.2) is 46.9 Å². The largest absolute Gasteiger partial charge is 0.481 e. The molecule has 0 aliphatic carbocycles. The summed E-state index contributed by atoms with van der Waals surface area (Å²) in [5.41, 5.74) is 1.63. The van der Waals surface area contributed by atoms with E-state index in [0.717, 1.165) is 5.56 Å². The monoisotopic (exact) mass is 409 g/mol. The molecule has 0 radical (unpaired) electrons. The van der Waals surface area contributed by atoms with Crippen molar-refractivity contribution >= 4 is 33.5 Å². The fourth-order valence-corrected chi connectivity index (χ4v) is 2.45. The Morgan fingerprint density at radius 2 is 2.00 bits per heavy atom. The van der Waals surface area contributed by atoms with Gasteiger partial charge in [-0.1, -0.05) is 12.1 Å². The number of anilines is 1. The number of nitrogens with one attached hydrogen (secondary N) is 1. The van der Waals surface area contributed by atoms with Crippen molar-refractivity contribution in [3.63, 3.8) is 0 Å². The van der Waals surface area contributed by atoms with Gasteiger partial charge in [-0.2, -0.15) is 0 Å². The average molecular weight is 410 g/mol. The number of benzene rings is 2. The summed E-state index contributed by atoms with van der Waals surface area (Å²) in [5, 5.41) is 2.67. The number of ether oxygens (including phenoxy) is 2. The first-order valence-corrected chi connectivity index (χ1v) is 8.29. The molecule has 0 aromatic heterocycles. The molecule has 1 N–H and O–H groups in total. The van der Waals surface area contributed by atoms with Crippen molar-refractivity contribution in [1.82, 2.24) is 0 Å². The Morgan fingerprint density at radius 1 is 1.24 bits per heavy atom. The molecule has 2 aromatic carbocycles. The second-order valence-corrected chi connectivity index (χ2v) is 6.21. The van der Waals surface area contributed by atoms with Crippen LogP contribution in [0.25, 0.3) is 0 Å². The van der Waals surface area contributed by atoms with E-state index in [9.17, 15) is 14.0 Å². The number of carbonyl (C=O) groups is 2. The van der Waals surface area contributed by atoms with Crippen LogP contribution in [0.3, 0.4) is 0 Å². The van der Waals surface area contributed by atoms with Gasteiger partial charge in [-0.05, 0) is 65.7 Å². The number of esters is 1. The van der Waals surface area contributed by atoms with E-state index in [1.54, 1.807) is 6.07 Å². The van der Waals surface area contributed by atoms with Crippen molar-refractivity contribution in [3.8, 4) is 5.75 Å².